The fourth-order valence-electron chi connectivity index (χ4n) is 3.46. The predicted molar refractivity (Wildman–Crippen MR) is 121 cm³/mol. The van der Waals surface area contributed by atoms with Crippen LogP contribution in [-0.2, 0) is 6.42 Å². The summed E-state index contributed by atoms with van der Waals surface area (Å²) < 4.78 is 11.4. The van der Waals surface area contributed by atoms with Crippen LogP contribution in [0.3, 0.4) is 0 Å². The molecule has 3 nitrogen and oxygen atoms in total. The average Bonchev–Trinajstić information content (AvgIpc) is 2.69. The van der Waals surface area contributed by atoms with Crippen molar-refractivity contribution < 1.29 is 14.6 Å². The molecule has 0 aliphatic heterocycles. The van der Waals surface area contributed by atoms with Gasteiger partial charge in [0.2, 0.25) is 0 Å². The molecule has 3 heteroatoms. The molecule has 2 aromatic carbocycles. The van der Waals surface area contributed by atoms with Crippen molar-refractivity contribution in [2.45, 2.75) is 66.4 Å². The van der Waals surface area contributed by atoms with E-state index >= 15 is 0 Å². The van der Waals surface area contributed by atoms with E-state index in [1.165, 1.54) is 11.1 Å². The highest BCUT2D eigenvalue weighted by molar-refractivity contribution is 5.30. The lowest BCUT2D eigenvalue weighted by atomic mass is 9.76. The van der Waals surface area contributed by atoms with Gasteiger partial charge in [-0.15, -0.1) is 0 Å². The highest BCUT2D eigenvalue weighted by Crippen LogP contribution is 2.36. The Balaban J connectivity index is 1.83. The Morgan fingerprint density at radius 3 is 1.72 bits per heavy atom. The maximum atomic E-state index is 10.2. The monoisotopic (exact) mass is 398 g/mol. The van der Waals surface area contributed by atoms with Gasteiger partial charge in [-0.3, -0.25) is 0 Å². The first kappa shape index (κ1) is 23.3. The third kappa shape index (κ3) is 8.10. The van der Waals surface area contributed by atoms with E-state index in [2.05, 4.69) is 53.7 Å². The van der Waals surface area contributed by atoms with Gasteiger partial charge in [-0.1, -0.05) is 65.8 Å². The molecule has 0 fully saturated rings. The zero-order valence-corrected chi connectivity index (χ0v) is 18.9. The third-order valence-electron chi connectivity index (χ3n) is 5.16. The van der Waals surface area contributed by atoms with Gasteiger partial charge >= 0.3 is 0 Å². The summed E-state index contributed by atoms with van der Waals surface area (Å²) >= 11 is 0. The molecular formula is C26H38O3. The molecular weight excluding hydrogens is 360 g/mol. The van der Waals surface area contributed by atoms with Crippen molar-refractivity contribution in [1.29, 1.82) is 0 Å². The lowest BCUT2D eigenvalue weighted by molar-refractivity contribution is 0.0626. The fourth-order valence-corrected chi connectivity index (χ4v) is 3.46. The zero-order chi connectivity index (χ0) is 21.4. The van der Waals surface area contributed by atoms with Crippen LogP contribution in [0, 0.1) is 11.3 Å². The second kappa shape index (κ2) is 10.7. The quantitative estimate of drug-likeness (QED) is 0.514. The minimum Gasteiger partial charge on any atom is -0.491 e. The van der Waals surface area contributed by atoms with Gasteiger partial charge in [0.05, 0.1) is 0 Å². The van der Waals surface area contributed by atoms with Crippen LogP contribution in [0.15, 0.2) is 48.5 Å². The molecule has 0 radical (unpaired) electrons. The molecule has 0 amide bonds. The standard InChI is InChI=1S/C26H38O3/c1-7-20-8-12-23(13-9-20)28-17-22(27)18-29-24-14-10-21(11-15-24)25(19(2)3)16-26(4,5)6/h8-15,19,22,25,27H,7,16-18H2,1-6H3. The van der Waals surface area contributed by atoms with E-state index in [1.807, 2.05) is 36.4 Å². The Hall–Kier alpha value is -2.00. The van der Waals surface area contributed by atoms with Crippen molar-refractivity contribution in [1.82, 2.24) is 0 Å². The van der Waals surface area contributed by atoms with Crippen molar-refractivity contribution >= 4 is 0 Å². The van der Waals surface area contributed by atoms with E-state index < -0.39 is 6.10 Å². The molecule has 0 aliphatic rings. The minimum absolute atomic E-state index is 0.210. The van der Waals surface area contributed by atoms with Crippen molar-refractivity contribution in [3.8, 4) is 11.5 Å². The Morgan fingerprint density at radius 2 is 1.31 bits per heavy atom. The molecule has 2 rings (SSSR count). The van der Waals surface area contributed by atoms with Crippen LogP contribution in [0.5, 0.6) is 11.5 Å². The summed E-state index contributed by atoms with van der Waals surface area (Å²) in [6, 6.07) is 16.3. The van der Waals surface area contributed by atoms with Gasteiger partial charge in [-0.25, -0.2) is 0 Å². The zero-order valence-electron chi connectivity index (χ0n) is 18.9. The van der Waals surface area contributed by atoms with Crippen LogP contribution < -0.4 is 9.47 Å². The molecule has 1 N–H and O–H groups in total. The van der Waals surface area contributed by atoms with Gasteiger partial charge in [-0.2, -0.15) is 0 Å². The summed E-state index contributed by atoms with van der Waals surface area (Å²) in [6.45, 7) is 14.0. The van der Waals surface area contributed by atoms with E-state index in [4.69, 9.17) is 9.47 Å². The molecule has 160 valence electrons. The van der Waals surface area contributed by atoms with Crippen molar-refractivity contribution in [2.75, 3.05) is 13.2 Å². The fraction of sp³-hybridized carbons (Fsp3) is 0.538. The maximum absolute atomic E-state index is 10.2. The second-order valence-electron chi connectivity index (χ2n) is 9.46. The van der Waals surface area contributed by atoms with Crippen LogP contribution in [0.25, 0.3) is 0 Å². The Labute approximate surface area is 177 Å². The summed E-state index contributed by atoms with van der Waals surface area (Å²) in [4.78, 5) is 0. The van der Waals surface area contributed by atoms with Crippen LogP contribution in [0.4, 0.5) is 0 Å². The van der Waals surface area contributed by atoms with Crippen LogP contribution in [0.1, 0.15) is 65.0 Å². The Bertz CT molecular complexity index is 711. The number of aliphatic hydroxyl groups is 1. The molecule has 0 saturated carbocycles. The van der Waals surface area contributed by atoms with Crippen LogP contribution >= 0.6 is 0 Å². The number of ether oxygens (including phenoxy) is 2. The lowest BCUT2D eigenvalue weighted by Crippen LogP contribution is -2.25. The second-order valence-corrected chi connectivity index (χ2v) is 9.46. The summed E-state index contributed by atoms with van der Waals surface area (Å²) in [7, 11) is 0. The van der Waals surface area contributed by atoms with E-state index in [9.17, 15) is 5.11 Å². The first-order valence-corrected chi connectivity index (χ1v) is 10.8. The van der Waals surface area contributed by atoms with E-state index in [-0.39, 0.29) is 13.2 Å². The summed E-state index contributed by atoms with van der Waals surface area (Å²) in [6.07, 6.45) is 1.48. The molecule has 0 saturated heterocycles. The highest BCUT2D eigenvalue weighted by atomic mass is 16.5. The number of benzene rings is 2. The molecule has 0 heterocycles. The van der Waals surface area contributed by atoms with Gasteiger partial charge in [0, 0.05) is 0 Å². The van der Waals surface area contributed by atoms with Gasteiger partial charge < -0.3 is 14.6 Å². The first-order chi connectivity index (χ1) is 13.7. The molecule has 2 unspecified atom stereocenters. The predicted octanol–water partition coefficient (Wildman–Crippen LogP) is 6.24. The number of aliphatic hydroxyl groups excluding tert-OH is 1. The summed E-state index contributed by atoms with van der Waals surface area (Å²) in [5.74, 6) is 2.66. The Kier molecular flexibility index (Phi) is 8.58. The van der Waals surface area contributed by atoms with Crippen molar-refractivity contribution in [2.24, 2.45) is 11.3 Å². The van der Waals surface area contributed by atoms with E-state index in [0.29, 0.717) is 17.3 Å². The molecule has 0 aromatic heterocycles. The number of hydrogen-bond donors (Lipinski definition) is 1. The first-order valence-electron chi connectivity index (χ1n) is 10.8. The van der Waals surface area contributed by atoms with Crippen molar-refractivity contribution in [3.63, 3.8) is 0 Å². The number of hydrogen-bond acceptors (Lipinski definition) is 3. The van der Waals surface area contributed by atoms with Gasteiger partial charge in [0.1, 0.15) is 30.8 Å². The normalized spacial score (nSPS) is 13.9. The molecule has 29 heavy (non-hydrogen) atoms. The number of aryl methyl sites for hydroxylation is 1. The van der Waals surface area contributed by atoms with Gasteiger partial charge in [-0.05, 0) is 65.5 Å². The molecule has 2 atom stereocenters. The number of rotatable bonds is 10. The lowest BCUT2D eigenvalue weighted by Gasteiger charge is -2.29. The Morgan fingerprint density at radius 1 is 0.828 bits per heavy atom. The van der Waals surface area contributed by atoms with Gasteiger partial charge in [0.15, 0.2) is 0 Å². The maximum Gasteiger partial charge on any atom is 0.122 e. The molecule has 0 bridgehead atoms. The summed E-state index contributed by atoms with van der Waals surface area (Å²) in [5, 5.41) is 10.2. The van der Waals surface area contributed by atoms with Gasteiger partial charge in [0.25, 0.3) is 0 Å². The van der Waals surface area contributed by atoms with E-state index in [0.717, 1.165) is 24.3 Å². The molecule has 0 spiro atoms. The largest absolute Gasteiger partial charge is 0.491 e. The SMILES string of the molecule is CCc1ccc(OCC(O)COc2ccc(C(CC(C)(C)C)C(C)C)cc2)cc1. The summed E-state index contributed by atoms with van der Waals surface area (Å²) in [5.41, 5.74) is 2.92. The van der Waals surface area contributed by atoms with E-state index in [1.54, 1.807) is 0 Å². The van der Waals surface area contributed by atoms with Crippen molar-refractivity contribution in [3.05, 3.63) is 59.7 Å². The molecule has 2 aromatic rings. The average molecular weight is 399 g/mol. The molecule has 0 aliphatic carbocycles. The highest BCUT2D eigenvalue weighted by Gasteiger charge is 2.23. The van der Waals surface area contributed by atoms with Crippen LogP contribution in [0.2, 0.25) is 0 Å². The smallest absolute Gasteiger partial charge is 0.122 e. The topological polar surface area (TPSA) is 38.7 Å². The minimum atomic E-state index is -0.676. The van der Waals surface area contributed by atoms with Crippen LogP contribution in [-0.4, -0.2) is 24.4 Å². The third-order valence-corrected chi connectivity index (χ3v) is 5.16.